The molecule has 0 spiro atoms. The quantitative estimate of drug-likeness (QED) is 0.878. The Balaban J connectivity index is 2.26. The van der Waals surface area contributed by atoms with Gasteiger partial charge >= 0.3 is 5.97 Å². The number of fused-ring (bicyclic) bond motifs is 1. The number of aliphatic carboxylic acids is 1. The largest absolute Gasteiger partial charge is 0.481 e. The van der Waals surface area contributed by atoms with E-state index < -0.39 is 5.97 Å². The van der Waals surface area contributed by atoms with Gasteiger partial charge < -0.3 is 9.52 Å². The molecule has 1 heterocycles. The minimum atomic E-state index is -0.761. The van der Waals surface area contributed by atoms with E-state index in [2.05, 4.69) is 0 Å². The van der Waals surface area contributed by atoms with Crippen LogP contribution in [0.2, 0.25) is 0 Å². The average Bonchev–Trinajstić information content (AvgIpc) is 2.59. The molecule has 0 atom stereocenters. The summed E-state index contributed by atoms with van der Waals surface area (Å²) in [6.45, 7) is 3.92. The number of carboxylic acids is 1. The van der Waals surface area contributed by atoms with Gasteiger partial charge in [0.25, 0.3) is 0 Å². The van der Waals surface area contributed by atoms with Crippen LogP contribution in [0.5, 0.6) is 0 Å². The summed E-state index contributed by atoms with van der Waals surface area (Å²) in [7, 11) is 0. The molecule has 0 aliphatic rings. The highest BCUT2D eigenvalue weighted by atomic mass is 16.4. The van der Waals surface area contributed by atoms with Crippen LogP contribution in [0, 0.1) is 5.41 Å². The molecule has 1 aromatic heterocycles. The molecule has 0 saturated heterocycles. The van der Waals surface area contributed by atoms with Crippen LogP contribution in [-0.4, -0.2) is 11.1 Å². The maximum Gasteiger partial charge on any atom is 0.303 e. The van der Waals surface area contributed by atoms with Crippen LogP contribution in [-0.2, 0) is 11.2 Å². The maximum atomic E-state index is 10.8. The van der Waals surface area contributed by atoms with Crippen molar-refractivity contribution in [3.8, 4) is 0 Å². The summed E-state index contributed by atoms with van der Waals surface area (Å²) >= 11 is 0. The maximum absolute atomic E-state index is 10.8. The first-order valence-corrected chi connectivity index (χ1v) is 5.65. The van der Waals surface area contributed by atoms with Gasteiger partial charge in [0.05, 0.1) is 12.7 Å². The van der Waals surface area contributed by atoms with Crippen molar-refractivity contribution >= 4 is 16.9 Å². The Morgan fingerprint density at radius 2 is 2.06 bits per heavy atom. The first-order valence-electron chi connectivity index (χ1n) is 5.65. The third kappa shape index (κ3) is 2.67. The SMILES string of the molecule is CC(C)(CC(=O)O)Cc1coc2ccccc12. The van der Waals surface area contributed by atoms with Crippen molar-refractivity contribution in [2.45, 2.75) is 26.7 Å². The predicted octanol–water partition coefficient (Wildman–Crippen LogP) is 3.48. The Hall–Kier alpha value is -1.77. The van der Waals surface area contributed by atoms with E-state index in [9.17, 15) is 4.79 Å². The van der Waals surface area contributed by atoms with Gasteiger partial charge in [-0.3, -0.25) is 4.79 Å². The number of carbonyl (C=O) groups is 1. The standard InChI is InChI=1S/C14H16O3/c1-14(2,8-13(15)16)7-10-9-17-12-6-4-3-5-11(10)12/h3-6,9H,7-8H2,1-2H3,(H,15,16). The lowest BCUT2D eigenvalue weighted by atomic mass is 9.83. The molecule has 2 rings (SSSR count). The van der Waals surface area contributed by atoms with E-state index >= 15 is 0 Å². The molecular formula is C14H16O3. The second-order valence-corrected chi connectivity index (χ2v) is 5.17. The molecule has 0 amide bonds. The van der Waals surface area contributed by atoms with Gasteiger partial charge in [-0.05, 0) is 23.5 Å². The van der Waals surface area contributed by atoms with Crippen LogP contribution < -0.4 is 0 Å². The van der Waals surface area contributed by atoms with Crippen molar-refractivity contribution in [2.75, 3.05) is 0 Å². The molecule has 0 bridgehead atoms. The molecule has 0 radical (unpaired) electrons. The van der Waals surface area contributed by atoms with Gasteiger partial charge in [-0.25, -0.2) is 0 Å². The highest BCUT2D eigenvalue weighted by Crippen LogP contribution is 2.30. The molecule has 3 nitrogen and oxygen atoms in total. The Labute approximate surface area is 100 Å². The molecule has 17 heavy (non-hydrogen) atoms. The molecule has 0 fully saturated rings. The Bertz CT molecular complexity index is 537. The van der Waals surface area contributed by atoms with Gasteiger partial charge in [0, 0.05) is 5.39 Å². The summed E-state index contributed by atoms with van der Waals surface area (Å²) in [5, 5.41) is 9.94. The molecule has 1 N–H and O–H groups in total. The number of furan rings is 1. The minimum absolute atomic E-state index is 0.159. The molecule has 0 saturated carbocycles. The van der Waals surface area contributed by atoms with E-state index in [0.717, 1.165) is 16.5 Å². The van der Waals surface area contributed by atoms with Crippen molar-refractivity contribution in [2.24, 2.45) is 5.41 Å². The number of hydrogen-bond acceptors (Lipinski definition) is 2. The Kier molecular flexibility index (Phi) is 2.92. The van der Waals surface area contributed by atoms with Crippen molar-refractivity contribution in [3.63, 3.8) is 0 Å². The van der Waals surface area contributed by atoms with Crippen molar-refractivity contribution in [1.82, 2.24) is 0 Å². The van der Waals surface area contributed by atoms with Gasteiger partial charge in [0.15, 0.2) is 0 Å². The Morgan fingerprint density at radius 3 is 2.76 bits per heavy atom. The summed E-state index contributed by atoms with van der Waals surface area (Å²) < 4.78 is 5.45. The molecule has 0 aliphatic carbocycles. The zero-order valence-electron chi connectivity index (χ0n) is 10.1. The minimum Gasteiger partial charge on any atom is -0.481 e. The molecule has 1 aromatic carbocycles. The second-order valence-electron chi connectivity index (χ2n) is 5.17. The summed E-state index contributed by atoms with van der Waals surface area (Å²) in [6, 6.07) is 7.82. The number of rotatable bonds is 4. The molecule has 2 aromatic rings. The molecule has 0 aliphatic heterocycles. The van der Waals surface area contributed by atoms with Gasteiger partial charge in [0.1, 0.15) is 5.58 Å². The fourth-order valence-corrected chi connectivity index (χ4v) is 2.16. The van der Waals surface area contributed by atoms with Gasteiger partial charge in [0.2, 0.25) is 0 Å². The summed E-state index contributed by atoms with van der Waals surface area (Å²) in [5.41, 5.74) is 1.67. The number of benzene rings is 1. The molecule has 0 unspecified atom stereocenters. The predicted molar refractivity (Wildman–Crippen MR) is 66.0 cm³/mol. The van der Waals surface area contributed by atoms with Crippen LogP contribution in [0.1, 0.15) is 25.8 Å². The molecular weight excluding hydrogens is 216 g/mol. The van der Waals surface area contributed by atoms with Crippen LogP contribution in [0.4, 0.5) is 0 Å². The molecule has 3 heteroatoms. The van der Waals surface area contributed by atoms with Crippen LogP contribution >= 0.6 is 0 Å². The monoisotopic (exact) mass is 232 g/mol. The number of carboxylic acid groups (broad SMARTS) is 1. The molecule has 90 valence electrons. The average molecular weight is 232 g/mol. The van der Waals surface area contributed by atoms with Crippen molar-refractivity contribution < 1.29 is 14.3 Å². The van der Waals surface area contributed by atoms with E-state index in [0.29, 0.717) is 6.42 Å². The van der Waals surface area contributed by atoms with Crippen LogP contribution in [0.25, 0.3) is 11.0 Å². The van der Waals surface area contributed by atoms with Gasteiger partial charge in [-0.2, -0.15) is 0 Å². The van der Waals surface area contributed by atoms with E-state index in [1.54, 1.807) is 6.26 Å². The van der Waals surface area contributed by atoms with Gasteiger partial charge in [-0.1, -0.05) is 32.0 Å². The van der Waals surface area contributed by atoms with Crippen molar-refractivity contribution in [1.29, 1.82) is 0 Å². The summed E-state index contributed by atoms with van der Waals surface area (Å²) in [6.07, 6.45) is 2.59. The Morgan fingerprint density at radius 1 is 1.35 bits per heavy atom. The third-order valence-corrected chi connectivity index (χ3v) is 2.86. The van der Waals surface area contributed by atoms with E-state index in [4.69, 9.17) is 9.52 Å². The van der Waals surface area contributed by atoms with E-state index in [1.165, 1.54) is 0 Å². The fraction of sp³-hybridized carbons (Fsp3) is 0.357. The smallest absolute Gasteiger partial charge is 0.303 e. The van der Waals surface area contributed by atoms with E-state index in [-0.39, 0.29) is 11.8 Å². The second kappa shape index (κ2) is 4.24. The van der Waals surface area contributed by atoms with Crippen molar-refractivity contribution in [3.05, 3.63) is 36.1 Å². The first-order chi connectivity index (χ1) is 7.98. The lowest BCUT2D eigenvalue weighted by Crippen LogP contribution is -2.19. The number of hydrogen-bond donors (Lipinski definition) is 1. The summed E-state index contributed by atoms with van der Waals surface area (Å²) in [5.74, 6) is -0.761. The first kappa shape index (κ1) is 11.7. The lowest BCUT2D eigenvalue weighted by Gasteiger charge is -2.21. The topological polar surface area (TPSA) is 50.4 Å². The highest BCUT2D eigenvalue weighted by molar-refractivity contribution is 5.81. The van der Waals surface area contributed by atoms with Gasteiger partial charge in [-0.15, -0.1) is 0 Å². The van der Waals surface area contributed by atoms with Crippen LogP contribution in [0.3, 0.4) is 0 Å². The van der Waals surface area contributed by atoms with E-state index in [1.807, 2.05) is 38.1 Å². The lowest BCUT2D eigenvalue weighted by molar-refractivity contribution is -0.139. The van der Waals surface area contributed by atoms with Crippen LogP contribution in [0.15, 0.2) is 34.9 Å². The highest BCUT2D eigenvalue weighted by Gasteiger charge is 2.23. The zero-order valence-corrected chi connectivity index (χ0v) is 10.1. The number of para-hydroxylation sites is 1. The summed E-state index contributed by atoms with van der Waals surface area (Å²) in [4.78, 5) is 10.8. The third-order valence-electron chi connectivity index (χ3n) is 2.86. The fourth-order valence-electron chi connectivity index (χ4n) is 2.16. The normalized spacial score (nSPS) is 11.9. The zero-order chi connectivity index (χ0) is 12.5.